The van der Waals surface area contributed by atoms with Gasteiger partial charge in [-0.15, -0.1) is 0 Å². The number of halogens is 1. The number of carboxylic acid groups (broad SMARTS) is 1. The van der Waals surface area contributed by atoms with Crippen molar-refractivity contribution >= 4 is 40.1 Å². The number of aromatic carboxylic acids is 1. The maximum atomic E-state index is 12.4. The molecule has 24 heavy (non-hydrogen) atoms. The zero-order valence-corrected chi connectivity index (χ0v) is 12.7. The first-order valence-corrected chi connectivity index (χ1v) is 7.01. The van der Waals surface area contributed by atoms with Crippen LogP contribution in [0.4, 0.5) is 5.69 Å². The summed E-state index contributed by atoms with van der Waals surface area (Å²) in [7, 11) is 0. The minimum absolute atomic E-state index is 0.0463. The quantitative estimate of drug-likeness (QED) is 0.754. The van der Waals surface area contributed by atoms with Gasteiger partial charge in [-0.2, -0.15) is 5.26 Å². The first-order valence-electron chi connectivity index (χ1n) is 6.63. The van der Waals surface area contributed by atoms with E-state index in [-0.39, 0.29) is 22.6 Å². The summed E-state index contributed by atoms with van der Waals surface area (Å²) in [5.74, 6) is -1.99. The minimum atomic E-state index is -1.27. The van der Waals surface area contributed by atoms with Gasteiger partial charge in [-0.05, 0) is 36.4 Å². The molecule has 0 bridgehead atoms. The number of nitriles is 1. The summed E-state index contributed by atoms with van der Waals surface area (Å²) in [4.78, 5) is 23.7. The molecule has 2 N–H and O–H groups in total. The number of benzene rings is 2. The van der Waals surface area contributed by atoms with E-state index in [0.29, 0.717) is 15.9 Å². The number of hydrogen-bond donors (Lipinski definition) is 2. The lowest BCUT2D eigenvalue weighted by Crippen LogP contribution is -2.14. The molecule has 0 atom stereocenters. The van der Waals surface area contributed by atoms with Gasteiger partial charge in [0.25, 0.3) is 5.91 Å². The number of nitrogens with one attached hydrogen (secondary N) is 1. The lowest BCUT2D eigenvalue weighted by molar-refractivity contribution is 0.0698. The molecule has 0 aliphatic heterocycles. The second-order valence-electron chi connectivity index (χ2n) is 4.80. The fourth-order valence-corrected chi connectivity index (χ4v) is 2.33. The van der Waals surface area contributed by atoms with E-state index in [1.807, 2.05) is 6.07 Å². The van der Waals surface area contributed by atoms with Gasteiger partial charge < -0.3 is 14.9 Å². The third kappa shape index (κ3) is 2.78. The second-order valence-corrected chi connectivity index (χ2v) is 5.24. The predicted molar refractivity (Wildman–Crippen MR) is 85.1 cm³/mol. The monoisotopic (exact) mass is 341 g/mol. The molecular formula is C16H8ClN3O4. The molecule has 1 heterocycles. The highest BCUT2D eigenvalue weighted by atomic mass is 35.5. The highest BCUT2D eigenvalue weighted by Gasteiger charge is 2.20. The van der Waals surface area contributed by atoms with E-state index in [2.05, 4.69) is 10.5 Å². The zero-order chi connectivity index (χ0) is 17.3. The van der Waals surface area contributed by atoms with Crippen LogP contribution in [0.15, 0.2) is 40.9 Å². The Kier molecular flexibility index (Phi) is 3.90. The molecule has 118 valence electrons. The molecule has 3 rings (SSSR count). The Morgan fingerprint density at radius 2 is 2.04 bits per heavy atom. The average molecular weight is 342 g/mol. The second kappa shape index (κ2) is 6.02. The van der Waals surface area contributed by atoms with Gasteiger partial charge in [0, 0.05) is 5.02 Å². The molecule has 1 aromatic heterocycles. The Bertz CT molecular complexity index is 1020. The highest BCUT2D eigenvalue weighted by molar-refractivity contribution is 6.31. The molecule has 2 aromatic carbocycles. The van der Waals surface area contributed by atoms with Gasteiger partial charge in [-0.1, -0.05) is 16.8 Å². The van der Waals surface area contributed by atoms with Gasteiger partial charge in [0.05, 0.1) is 28.3 Å². The van der Waals surface area contributed by atoms with Gasteiger partial charge in [0.2, 0.25) is 5.76 Å². The fraction of sp³-hybridized carbons (Fsp3) is 0. The van der Waals surface area contributed by atoms with Crippen molar-refractivity contribution in [2.45, 2.75) is 0 Å². The lowest BCUT2D eigenvalue weighted by Gasteiger charge is -2.07. The standard InChI is InChI=1S/C16H8ClN3O4/c17-9-2-3-10-13(6-9)20-24-14(10)15(21)19-12-4-1-8(7-18)5-11(12)16(22)23/h1-6H,(H,19,21)(H,22,23). The molecule has 8 heteroatoms. The Morgan fingerprint density at radius 3 is 2.75 bits per heavy atom. The molecule has 0 aliphatic carbocycles. The Morgan fingerprint density at radius 1 is 1.25 bits per heavy atom. The first-order chi connectivity index (χ1) is 11.5. The van der Waals surface area contributed by atoms with E-state index in [0.717, 1.165) is 0 Å². The van der Waals surface area contributed by atoms with Crippen LogP contribution in [0, 0.1) is 11.3 Å². The van der Waals surface area contributed by atoms with Crippen molar-refractivity contribution in [2.24, 2.45) is 0 Å². The predicted octanol–water partition coefficient (Wildman–Crippen LogP) is 3.30. The van der Waals surface area contributed by atoms with Gasteiger partial charge in [-0.25, -0.2) is 4.79 Å². The third-order valence-electron chi connectivity index (χ3n) is 3.27. The zero-order valence-electron chi connectivity index (χ0n) is 11.9. The number of nitrogens with zero attached hydrogens (tertiary/aromatic N) is 2. The Labute approximate surface area is 140 Å². The maximum Gasteiger partial charge on any atom is 0.337 e. The molecule has 0 saturated heterocycles. The summed E-state index contributed by atoms with van der Waals surface area (Å²) < 4.78 is 5.03. The number of carbonyl (C=O) groups excluding carboxylic acids is 1. The average Bonchev–Trinajstić information content (AvgIpc) is 2.98. The molecule has 0 aliphatic rings. The van der Waals surface area contributed by atoms with E-state index in [1.165, 1.54) is 18.2 Å². The highest BCUT2D eigenvalue weighted by Crippen LogP contribution is 2.24. The Hall–Kier alpha value is -3.37. The van der Waals surface area contributed by atoms with Crippen molar-refractivity contribution in [2.75, 3.05) is 5.32 Å². The molecule has 0 fully saturated rings. The molecule has 0 spiro atoms. The number of amides is 1. The van der Waals surface area contributed by atoms with Crippen LogP contribution in [-0.4, -0.2) is 22.1 Å². The van der Waals surface area contributed by atoms with Crippen LogP contribution < -0.4 is 5.32 Å². The molecule has 7 nitrogen and oxygen atoms in total. The number of fused-ring (bicyclic) bond motifs is 1. The van der Waals surface area contributed by atoms with E-state index in [1.54, 1.807) is 18.2 Å². The largest absolute Gasteiger partial charge is 0.478 e. The van der Waals surface area contributed by atoms with Crippen LogP contribution in [0.1, 0.15) is 26.5 Å². The molecule has 0 unspecified atom stereocenters. The van der Waals surface area contributed by atoms with E-state index in [9.17, 15) is 14.7 Å². The number of anilines is 1. The third-order valence-corrected chi connectivity index (χ3v) is 3.51. The minimum Gasteiger partial charge on any atom is -0.478 e. The van der Waals surface area contributed by atoms with Gasteiger partial charge in [-0.3, -0.25) is 4.79 Å². The summed E-state index contributed by atoms with van der Waals surface area (Å²) in [5.41, 5.74) is 0.426. The van der Waals surface area contributed by atoms with Crippen molar-refractivity contribution in [3.8, 4) is 6.07 Å². The summed E-state index contributed by atoms with van der Waals surface area (Å²) in [6.45, 7) is 0. The number of carbonyl (C=O) groups is 2. The Balaban J connectivity index is 1.97. The van der Waals surface area contributed by atoms with Crippen molar-refractivity contribution in [3.63, 3.8) is 0 Å². The molecule has 3 aromatic rings. The smallest absolute Gasteiger partial charge is 0.337 e. The van der Waals surface area contributed by atoms with Crippen LogP contribution in [0.3, 0.4) is 0 Å². The van der Waals surface area contributed by atoms with Crippen LogP contribution in [0.5, 0.6) is 0 Å². The maximum absolute atomic E-state index is 12.4. The van der Waals surface area contributed by atoms with Crippen LogP contribution in [-0.2, 0) is 0 Å². The van der Waals surface area contributed by atoms with Gasteiger partial charge in [0.1, 0.15) is 5.52 Å². The number of aromatic nitrogens is 1. The van der Waals surface area contributed by atoms with Gasteiger partial charge >= 0.3 is 5.97 Å². The number of hydrogen-bond acceptors (Lipinski definition) is 5. The summed E-state index contributed by atoms with van der Waals surface area (Å²) >= 11 is 5.85. The molecule has 0 radical (unpaired) electrons. The lowest BCUT2D eigenvalue weighted by atomic mass is 10.1. The fourth-order valence-electron chi connectivity index (χ4n) is 2.16. The van der Waals surface area contributed by atoms with Crippen molar-refractivity contribution in [1.82, 2.24) is 5.16 Å². The van der Waals surface area contributed by atoms with Crippen LogP contribution in [0.25, 0.3) is 10.9 Å². The van der Waals surface area contributed by atoms with E-state index >= 15 is 0 Å². The summed E-state index contributed by atoms with van der Waals surface area (Å²) in [6, 6.07) is 10.5. The van der Waals surface area contributed by atoms with E-state index < -0.39 is 11.9 Å². The molecule has 1 amide bonds. The molecular weight excluding hydrogens is 334 g/mol. The summed E-state index contributed by atoms with van der Waals surface area (Å²) in [5, 5.41) is 25.2. The first kappa shape index (κ1) is 15.5. The van der Waals surface area contributed by atoms with Crippen molar-refractivity contribution in [3.05, 3.63) is 58.3 Å². The van der Waals surface area contributed by atoms with Gasteiger partial charge in [0.15, 0.2) is 0 Å². The molecule has 0 saturated carbocycles. The summed E-state index contributed by atoms with van der Waals surface area (Å²) in [6.07, 6.45) is 0. The van der Waals surface area contributed by atoms with Crippen molar-refractivity contribution in [1.29, 1.82) is 5.26 Å². The number of carboxylic acids is 1. The normalized spacial score (nSPS) is 10.3. The van der Waals surface area contributed by atoms with Crippen LogP contribution in [0.2, 0.25) is 5.02 Å². The number of rotatable bonds is 3. The SMILES string of the molecule is N#Cc1ccc(NC(=O)c2onc3cc(Cl)ccc23)c(C(=O)O)c1. The van der Waals surface area contributed by atoms with Crippen molar-refractivity contribution < 1.29 is 19.2 Å². The topological polar surface area (TPSA) is 116 Å². The van der Waals surface area contributed by atoms with Crippen LogP contribution >= 0.6 is 11.6 Å². The van der Waals surface area contributed by atoms with E-state index in [4.69, 9.17) is 21.4 Å².